The number of hydrogen-bond acceptors (Lipinski definition) is 2. The maximum atomic E-state index is 11.9. The molecule has 0 aliphatic heterocycles. The monoisotopic (exact) mass is 326 g/mol. The van der Waals surface area contributed by atoms with E-state index in [1.54, 1.807) is 6.07 Å². The van der Waals surface area contributed by atoms with E-state index in [9.17, 15) is 9.59 Å². The second-order valence-electron chi connectivity index (χ2n) is 4.64. The number of carbonyl (C=O) groups is 2. The fourth-order valence-corrected chi connectivity index (χ4v) is 1.93. The molecule has 2 N–H and O–H groups in total. The van der Waals surface area contributed by atoms with Gasteiger partial charge in [0.15, 0.2) is 0 Å². The van der Waals surface area contributed by atoms with E-state index in [1.807, 2.05) is 32.9 Å². The first-order chi connectivity index (χ1) is 8.93. The van der Waals surface area contributed by atoms with Crippen molar-refractivity contribution in [2.75, 3.05) is 13.1 Å². The van der Waals surface area contributed by atoms with E-state index in [0.29, 0.717) is 18.7 Å². The average Bonchev–Trinajstić information content (AvgIpc) is 2.37. The lowest BCUT2D eigenvalue weighted by Gasteiger charge is -2.10. The van der Waals surface area contributed by atoms with Gasteiger partial charge in [-0.3, -0.25) is 9.59 Å². The molecule has 0 saturated heterocycles. The van der Waals surface area contributed by atoms with Gasteiger partial charge in [-0.25, -0.2) is 0 Å². The molecular weight excluding hydrogens is 308 g/mol. The van der Waals surface area contributed by atoms with Crippen LogP contribution in [0, 0.1) is 12.8 Å². The Morgan fingerprint density at radius 3 is 2.47 bits per heavy atom. The summed E-state index contributed by atoms with van der Waals surface area (Å²) in [5.41, 5.74) is 1.62. The smallest absolute Gasteiger partial charge is 0.252 e. The quantitative estimate of drug-likeness (QED) is 0.815. The van der Waals surface area contributed by atoms with Crippen LogP contribution in [0.25, 0.3) is 0 Å². The fraction of sp³-hybridized carbons (Fsp3) is 0.429. The molecule has 1 rings (SSSR count). The van der Waals surface area contributed by atoms with Crippen LogP contribution >= 0.6 is 15.9 Å². The minimum Gasteiger partial charge on any atom is -0.354 e. The van der Waals surface area contributed by atoms with Crippen molar-refractivity contribution in [1.29, 1.82) is 0 Å². The zero-order valence-electron chi connectivity index (χ0n) is 11.4. The number of amides is 2. The van der Waals surface area contributed by atoms with E-state index in [-0.39, 0.29) is 17.7 Å². The lowest BCUT2D eigenvalue weighted by atomic mass is 10.1. The minimum absolute atomic E-state index is 0.00835. The highest BCUT2D eigenvalue weighted by Crippen LogP contribution is 2.20. The molecule has 0 saturated carbocycles. The Morgan fingerprint density at radius 1 is 1.21 bits per heavy atom. The van der Waals surface area contributed by atoms with Crippen LogP contribution in [0.3, 0.4) is 0 Å². The fourth-order valence-electron chi connectivity index (χ4n) is 1.48. The third-order valence-corrected chi connectivity index (χ3v) is 3.72. The van der Waals surface area contributed by atoms with Crippen molar-refractivity contribution >= 4 is 27.7 Å². The SMILES string of the molecule is Cc1cccc(C(=O)NCCNC(=O)C(C)C)c1Br. The molecule has 0 aromatic heterocycles. The number of hydrogen-bond donors (Lipinski definition) is 2. The second kappa shape index (κ2) is 7.28. The third kappa shape index (κ3) is 4.67. The largest absolute Gasteiger partial charge is 0.354 e. The van der Waals surface area contributed by atoms with E-state index in [2.05, 4.69) is 26.6 Å². The number of halogens is 1. The summed E-state index contributed by atoms with van der Waals surface area (Å²) in [7, 11) is 0. The molecule has 0 bridgehead atoms. The van der Waals surface area contributed by atoms with Crippen LogP contribution in [-0.4, -0.2) is 24.9 Å². The molecule has 19 heavy (non-hydrogen) atoms. The van der Waals surface area contributed by atoms with Crippen LogP contribution < -0.4 is 10.6 Å². The Balaban J connectivity index is 2.44. The summed E-state index contributed by atoms with van der Waals surface area (Å²) < 4.78 is 0.804. The molecule has 2 amide bonds. The molecule has 0 atom stereocenters. The van der Waals surface area contributed by atoms with Gasteiger partial charge in [-0.15, -0.1) is 0 Å². The van der Waals surface area contributed by atoms with Crippen LogP contribution in [-0.2, 0) is 4.79 Å². The highest BCUT2D eigenvalue weighted by Gasteiger charge is 2.11. The molecular formula is C14H19BrN2O2. The normalized spacial score (nSPS) is 10.4. The topological polar surface area (TPSA) is 58.2 Å². The summed E-state index contributed by atoms with van der Waals surface area (Å²) in [6.45, 7) is 6.45. The maximum Gasteiger partial charge on any atom is 0.252 e. The van der Waals surface area contributed by atoms with Gasteiger partial charge >= 0.3 is 0 Å². The highest BCUT2D eigenvalue weighted by atomic mass is 79.9. The predicted octanol–water partition coefficient (Wildman–Crippen LogP) is 2.26. The number of rotatable bonds is 5. The number of benzene rings is 1. The first-order valence-electron chi connectivity index (χ1n) is 6.24. The van der Waals surface area contributed by atoms with E-state index in [0.717, 1.165) is 10.0 Å². The van der Waals surface area contributed by atoms with Crippen LogP contribution in [0.2, 0.25) is 0 Å². The molecule has 5 heteroatoms. The summed E-state index contributed by atoms with van der Waals surface area (Å²) in [4.78, 5) is 23.3. The van der Waals surface area contributed by atoms with Gasteiger partial charge in [0.25, 0.3) is 5.91 Å². The van der Waals surface area contributed by atoms with Crippen molar-refractivity contribution in [2.45, 2.75) is 20.8 Å². The molecule has 4 nitrogen and oxygen atoms in total. The molecule has 0 aliphatic carbocycles. The second-order valence-corrected chi connectivity index (χ2v) is 5.43. The van der Waals surface area contributed by atoms with Crippen molar-refractivity contribution < 1.29 is 9.59 Å². The Kier molecular flexibility index (Phi) is 6.02. The Labute approximate surface area is 122 Å². The molecule has 0 unspecified atom stereocenters. The predicted molar refractivity (Wildman–Crippen MR) is 79.1 cm³/mol. The van der Waals surface area contributed by atoms with Crippen LogP contribution in [0.5, 0.6) is 0 Å². The Hall–Kier alpha value is -1.36. The van der Waals surface area contributed by atoms with E-state index in [4.69, 9.17) is 0 Å². The molecule has 104 valence electrons. The lowest BCUT2D eigenvalue weighted by Crippen LogP contribution is -2.36. The van der Waals surface area contributed by atoms with Gasteiger partial charge in [0.1, 0.15) is 0 Å². The molecule has 1 aromatic carbocycles. The standard InChI is InChI=1S/C14H19BrN2O2/c1-9(2)13(18)16-7-8-17-14(19)11-6-4-5-10(3)12(11)15/h4-6,9H,7-8H2,1-3H3,(H,16,18)(H,17,19). The summed E-state index contributed by atoms with van der Waals surface area (Å²) in [6.07, 6.45) is 0. The zero-order valence-corrected chi connectivity index (χ0v) is 13.0. The van der Waals surface area contributed by atoms with E-state index in [1.165, 1.54) is 0 Å². The zero-order chi connectivity index (χ0) is 14.4. The summed E-state index contributed by atoms with van der Waals surface area (Å²) in [5.74, 6) is -0.193. The van der Waals surface area contributed by atoms with Crippen molar-refractivity contribution in [2.24, 2.45) is 5.92 Å². The summed E-state index contributed by atoms with van der Waals surface area (Å²) in [6, 6.07) is 5.54. The van der Waals surface area contributed by atoms with E-state index >= 15 is 0 Å². The molecule has 1 aromatic rings. The van der Waals surface area contributed by atoms with Gasteiger partial charge in [-0.2, -0.15) is 0 Å². The Bertz CT molecular complexity index is 473. The highest BCUT2D eigenvalue weighted by molar-refractivity contribution is 9.10. The van der Waals surface area contributed by atoms with Gasteiger partial charge < -0.3 is 10.6 Å². The van der Waals surface area contributed by atoms with Gasteiger partial charge in [-0.05, 0) is 34.5 Å². The summed E-state index contributed by atoms with van der Waals surface area (Å²) >= 11 is 3.40. The van der Waals surface area contributed by atoms with Gasteiger partial charge in [0.2, 0.25) is 5.91 Å². The van der Waals surface area contributed by atoms with Crippen molar-refractivity contribution in [3.05, 3.63) is 33.8 Å². The Morgan fingerprint density at radius 2 is 1.84 bits per heavy atom. The minimum atomic E-state index is -0.144. The van der Waals surface area contributed by atoms with Crippen LogP contribution in [0.1, 0.15) is 29.8 Å². The van der Waals surface area contributed by atoms with Gasteiger partial charge in [0, 0.05) is 23.5 Å². The van der Waals surface area contributed by atoms with Gasteiger partial charge in [0.05, 0.1) is 5.56 Å². The lowest BCUT2D eigenvalue weighted by molar-refractivity contribution is -0.123. The first kappa shape index (κ1) is 15.7. The molecule has 0 radical (unpaired) electrons. The van der Waals surface area contributed by atoms with Gasteiger partial charge in [-0.1, -0.05) is 26.0 Å². The molecule has 0 heterocycles. The van der Waals surface area contributed by atoms with Crippen LogP contribution in [0.4, 0.5) is 0 Å². The number of nitrogens with one attached hydrogen (secondary N) is 2. The van der Waals surface area contributed by atoms with Crippen molar-refractivity contribution in [3.63, 3.8) is 0 Å². The van der Waals surface area contributed by atoms with E-state index < -0.39 is 0 Å². The molecule has 0 aliphatic rings. The summed E-state index contributed by atoms with van der Waals surface area (Å²) in [5, 5.41) is 5.53. The number of carbonyl (C=O) groups excluding carboxylic acids is 2. The molecule has 0 spiro atoms. The number of aryl methyl sites for hydroxylation is 1. The third-order valence-electron chi connectivity index (χ3n) is 2.67. The van der Waals surface area contributed by atoms with Crippen LogP contribution in [0.15, 0.2) is 22.7 Å². The first-order valence-corrected chi connectivity index (χ1v) is 7.03. The molecule has 0 fully saturated rings. The maximum absolute atomic E-state index is 11.9. The van der Waals surface area contributed by atoms with Crippen molar-refractivity contribution in [1.82, 2.24) is 10.6 Å². The average molecular weight is 327 g/mol. The van der Waals surface area contributed by atoms with Crippen molar-refractivity contribution in [3.8, 4) is 0 Å².